The maximum Gasteiger partial charge on any atom is 0.220 e. The Hall–Kier alpha value is -1.49. The fourth-order valence-electron chi connectivity index (χ4n) is 9.19. The number of amides is 1. The molecule has 1 aromatic heterocycles. The summed E-state index contributed by atoms with van der Waals surface area (Å²) >= 11 is 1.75. The van der Waals surface area contributed by atoms with E-state index >= 15 is 0 Å². The minimum atomic E-state index is 0.0478. The summed E-state index contributed by atoms with van der Waals surface area (Å²) in [5.74, 6) is 3.04. The molecule has 5 rings (SSSR count). The summed E-state index contributed by atoms with van der Waals surface area (Å²) < 4.78 is 0. The Labute approximate surface area is 215 Å². The Morgan fingerprint density at radius 1 is 1.06 bits per heavy atom. The fourth-order valence-corrected chi connectivity index (χ4v) is 10.1. The van der Waals surface area contributed by atoms with Crippen LogP contribution in [-0.4, -0.2) is 17.5 Å². The van der Waals surface area contributed by atoms with Gasteiger partial charge in [-0.1, -0.05) is 20.8 Å². The minimum Gasteiger partial charge on any atom is -0.349 e. The Bertz CT molecular complexity index is 1010. The number of ketones is 2. The molecule has 1 unspecified atom stereocenters. The first-order valence-electron chi connectivity index (χ1n) is 13.9. The number of hydrogen-bond donors (Lipinski definition) is 1. The third-order valence-electron chi connectivity index (χ3n) is 11.1. The minimum absolute atomic E-state index is 0.0478. The predicted octanol–water partition coefficient (Wildman–Crippen LogP) is 6.67. The van der Waals surface area contributed by atoms with Gasteiger partial charge < -0.3 is 5.32 Å². The highest BCUT2D eigenvalue weighted by Gasteiger charge is 2.63. The summed E-state index contributed by atoms with van der Waals surface area (Å²) in [6.45, 7) is 11.3. The summed E-state index contributed by atoms with van der Waals surface area (Å²) in [4.78, 5) is 41.2. The topological polar surface area (TPSA) is 63.2 Å². The summed E-state index contributed by atoms with van der Waals surface area (Å²) in [5.41, 5.74) is 0.286. The molecular weight excluding hydrogens is 454 g/mol. The average Bonchev–Trinajstić information content (AvgIpc) is 3.38. The van der Waals surface area contributed by atoms with Crippen LogP contribution in [0.15, 0.2) is 12.1 Å². The largest absolute Gasteiger partial charge is 0.349 e. The van der Waals surface area contributed by atoms with Crippen LogP contribution in [0.2, 0.25) is 0 Å². The molecule has 5 heteroatoms. The molecule has 9 atom stereocenters. The molecule has 192 valence electrons. The zero-order chi connectivity index (χ0) is 25.1. The Morgan fingerprint density at radius 2 is 1.80 bits per heavy atom. The van der Waals surface area contributed by atoms with Crippen LogP contribution in [0.5, 0.6) is 0 Å². The Balaban J connectivity index is 1.27. The first kappa shape index (κ1) is 25.2. The molecule has 0 spiro atoms. The second kappa shape index (κ2) is 9.11. The molecule has 1 amide bonds. The molecule has 0 aliphatic heterocycles. The molecule has 4 aliphatic rings. The lowest BCUT2D eigenvalue weighted by atomic mass is 9.44. The van der Waals surface area contributed by atoms with Gasteiger partial charge in [0.1, 0.15) is 11.6 Å². The van der Waals surface area contributed by atoms with E-state index in [9.17, 15) is 14.4 Å². The van der Waals surface area contributed by atoms with Crippen molar-refractivity contribution in [3.63, 3.8) is 0 Å². The van der Waals surface area contributed by atoms with Crippen molar-refractivity contribution in [1.82, 2.24) is 5.32 Å². The number of hydrogen-bond acceptors (Lipinski definition) is 4. The molecule has 4 aliphatic carbocycles. The highest BCUT2D eigenvalue weighted by Crippen LogP contribution is 2.67. The second-order valence-corrected chi connectivity index (χ2v) is 14.3. The van der Waals surface area contributed by atoms with Gasteiger partial charge in [0, 0.05) is 41.4 Å². The van der Waals surface area contributed by atoms with Gasteiger partial charge in [0.25, 0.3) is 0 Å². The summed E-state index contributed by atoms with van der Waals surface area (Å²) in [7, 11) is 0. The monoisotopic (exact) mass is 497 g/mol. The van der Waals surface area contributed by atoms with E-state index in [0.29, 0.717) is 60.9 Å². The van der Waals surface area contributed by atoms with E-state index < -0.39 is 0 Å². The van der Waals surface area contributed by atoms with Gasteiger partial charge in [-0.25, -0.2) is 0 Å². The van der Waals surface area contributed by atoms with E-state index in [1.807, 2.05) is 0 Å². The number of rotatable bonds is 5. The van der Waals surface area contributed by atoms with Gasteiger partial charge in [-0.3, -0.25) is 14.4 Å². The van der Waals surface area contributed by atoms with Crippen molar-refractivity contribution in [2.24, 2.45) is 46.3 Å². The number of Topliss-reactive ketones (excluding diaryl/α,β-unsaturated/α-hetero) is 2. The van der Waals surface area contributed by atoms with Gasteiger partial charge in [0.05, 0.1) is 6.04 Å². The van der Waals surface area contributed by atoms with E-state index in [1.165, 1.54) is 9.75 Å². The first-order chi connectivity index (χ1) is 16.5. The second-order valence-electron chi connectivity index (χ2n) is 13.0. The number of nitrogens with one attached hydrogen (secondary N) is 1. The van der Waals surface area contributed by atoms with E-state index in [-0.39, 0.29) is 34.6 Å². The third kappa shape index (κ3) is 4.24. The van der Waals surface area contributed by atoms with Crippen molar-refractivity contribution < 1.29 is 14.4 Å². The van der Waals surface area contributed by atoms with Gasteiger partial charge in [0.15, 0.2) is 0 Å². The summed E-state index contributed by atoms with van der Waals surface area (Å²) in [5, 5.41) is 3.23. The van der Waals surface area contributed by atoms with Crippen LogP contribution in [0.1, 0.15) is 101 Å². The fraction of sp³-hybridized carbons (Fsp3) is 0.767. The number of thiophene rings is 1. The zero-order valence-corrected chi connectivity index (χ0v) is 23.0. The first-order valence-corrected chi connectivity index (χ1v) is 14.7. The number of carbonyl (C=O) groups excluding carboxylic acids is 3. The highest BCUT2D eigenvalue weighted by atomic mass is 32.1. The van der Waals surface area contributed by atoms with Crippen LogP contribution < -0.4 is 5.32 Å². The lowest BCUT2D eigenvalue weighted by Gasteiger charge is -2.59. The number of fused-ring (bicyclic) bond motifs is 5. The standard InChI is InChI=1S/C30H43NO3S/c1-17(14-27(34)31-19(3)26-9-6-18(2)35-26)22-7-8-23-28-24(11-13-30(22,23)5)29(4)12-10-21(32)15-20(29)16-25(28)33/h6,9,17,19-20,22-24,28H,7-8,10-16H2,1-5H3,(H,31,34)/t17-,19?,20+,22-,23+,24+,28+,29+,30-/m1/s1. The molecular formula is C30H43NO3S. The quantitative estimate of drug-likeness (QED) is 0.494. The van der Waals surface area contributed by atoms with Crippen molar-refractivity contribution >= 4 is 28.8 Å². The highest BCUT2D eigenvalue weighted by molar-refractivity contribution is 7.12. The molecule has 4 nitrogen and oxygen atoms in total. The van der Waals surface area contributed by atoms with Gasteiger partial charge in [-0.15, -0.1) is 11.3 Å². The van der Waals surface area contributed by atoms with Crippen LogP contribution in [0.25, 0.3) is 0 Å². The van der Waals surface area contributed by atoms with E-state index in [0.717, 1.165) is 32.1 Å². The normalized spacial score (nSPS) is 40.4. The SMILES string of the molecule is Cc1ccc(C(C)NC(=O)C[C@@H](C)[C@H]2CC[C@H]3[C@@H]4C(=O)C[C@@H]5CC(=O)CC[C@]5(C)[C@H]4CC[C@]23C)s1. The van der Waals surface area contributed by atoms with Crippen LogP contribution >= 0.6 is 11.3 Å². The average molecular weight is 498 g/mol. The van der Waals surface area contributed by atoms with Crippen LogP contribution in [0.4, 0.5) is 0 Å². The third-order valence-corrected chi connectivity index (χ3v) is 12.3. The Morgan fingerprint density at radius 3 is 2.51 bits per heavy atom. The van der Waals surface area contributed by atoms with E-state index in [4.69, 9.17) is 0 Å². The molecule has 1 heterocycles. The predicted molar refractivity (Wildman–Crippen MR) is 140 cm³/mol. The van der Waals surface area contributed by atoms with E-state index in [2.05, 4.69) is 52.1 Å². The molecule has 1 N–H and O–H groups in total. The molecule has 0 radical (unpaired) electrons. The van der Waals surface area contributed by atoms with Crippen molar-refractivity contribution in [3.8, 4) is 0 Å². The molecule has 0 aromatic carbocycles. The van der Waals surface area contributed by atoms with Crippen molar-refractivity contribution in [2.45, 2.75) is 98.4 Å². The Kier molecular flexibility index (Phi) is 6.56. The van der Waals surface area contributed by atoms with Gasteiger partial charge in [-0.05, 0) is 98.5 Å². The summed E-state index contributed by atoms with van der Waals surface area (Å²) in [6.07, 6.45) is 7.96. The molecule has 0 bridgehead atoms. The van der Waals surface area contributed by atoms with Gasteiger partial charge in [0.2, 0.25) is 5.91 Å². The van der Waals surface area contributed by atoms with Crippen LogP contribution in [-0.2, 0) is 14.4 Å². The lowest BCUT2D eigenvalue weighted by Crippen LogP contribution is -2.57. The van der Waals surface area contributed by atoms with Gasteiger partial charge >= 0.3 is 0 Å². The molecule has 4 saturated carbocycles. The lowest BCUT2D eigenvalue weighted by molar-refractivity contribution is -0.159. The summed E-state index contributed by atoms with van der Waals surface area (Å²) in [6, 6.07) is 4.28. The van der Waals surface area contributed by atoms with Crippen LogP contribution in [0.3, 0.4) is 0 Å². The van der Waals surface area contributed by atoms with Crippen LogP contribution in [0, 0.1) is 53.3 Å². The zero-order valence-electron chi connectivity index (χ0n) is 22.2. The van der Waals surface area contributed by atoms with Crippen molar-refractivity contribution in [1.29, 1.82) is 0 Å². The molecule has 1 aromatic rings. The maximum atomic E-state index is 13.6. The smallest absolute Gasteiger partial charge is 0.220 e. The van der Waals surface area contributed by atoms with E-state index in [1.54, 1.807) is 11.3 Å². The van der Waals surface area contributed by atoms with Gasteiger partial charge in [-0.2, -0.15) is 0 Å². The number of aryl methyl sites for hydroxylation is 1. The molecule has 0 saturated heterocycles. The molecule has 35 heavy (non-hydrogen) atoms. The maximum absolute atomic E-state index is 13.6. The molecule has 4 fully saturated rings. The number of carbonyl (C=O) groups is 3. The van der Waals surface area contributed by atoms with Crippen molar-refractivity contribution in [2.75, 3.05) is 0 Å². The van der Waals surface area contributed by atoms with Crippen molar-refractivity contribution in [3.05, 3.63) is 21.9 Å².